The predicted molar refractivity (Wildman–Crippen MR) is 50.1 cm³/mol. The average molecular weight is 196 g/mol. The minimum atomic E-state index is 0.549. The van der Waals surface area contributed by atoms with Gasteiger partial charge < -0.3 is 9.15 Å². The summed E-state index contributed by atoms with van der Waals surface area (Å²) in [5.41, 5.74) is 1.27. The zero-order chi connectivity index (χ0) is 9.26. The fraction of sp³-hybridized carbons (Fsp3) is 0.250. The number of ether oxygens (including phenoxy) is 1. The first-order valence-electron chi connectivity index (χ1n) is 3.69. The molecule has 0 aromatic carbocycles. The molecule has 0 unspecified atom stereocenters. The molecule has 0 saturated carbocycles. The van der Waals surface area contributed by atoms with Crippen LogP contribution in [0.4, 0.5) is 0 Å². The highest BCUT2D eigenvalue weighted by Gasteiger charge is 2.06. The van der Waals surface area contributed by atoms with Gasteiger partial charge in [0.15, 0.2) is 5.58 Å². The summed E-state index contributed by atoms with van der Waals surface area (Å²) in [7, 11) is 1.57. The zero-order valence-electron chi connectivity index (χ0n) is 7.27. The first kappa shape index (κ1) is 8.37. The van der Waals surface area contributed by atoms with Crippen molar-refractivity contribution in [1.82, 2.24) is 9.97 Å². The zero-order valence-corrected chi connectivity index (χ0v) is 8.09. The van der Waals surface area contributed by atoms with Crippen LogP contribution in [-0.4, -0.2) is 23.3 Å². The van der Waals surface area contributed by atoms with E-state index in [2.05, 4.69) is 9.97 Å². The van der Waals surface area contributed by atoms with Crippen molar-refractivity contribution >= 4 is 23.0 Å². The minimum Gasteiger partial charge on any atom is -0.481 e. The lowest BCUT2D eigenvalue weighted by molar-refractivity contribution is 0.399. The van der Waals surface area contributed by atoms with Crippen molar-refractivity contribution in [3.05, 3.63) is 12.1 Å². The number of fused-ring (bicyclic) bond motifs is 1. The second-order valence-corrected chi connectivity index (χ2v) is 3.12. The number of oxazole rings is 1. The van der Waals surface area contributed by atoms with Gasteiger partial charge in [0.2, 0.25) is 11.5 Å². The van der Waals surface area contributed by atoms with E-state index >= 15 is 0 Å². The fourth-order valence-electron chi connectivity index (χ4n) is 0.982. The fourth-order valence-corrected chi connectivity index (χ4v) is 1.33. The number of thioether (sulfide) groups is 1. The molecule has 2 rings (SSSR count). The Morgan fingerprint density at radius 2 is 2.23 bits per heavy atom. The molecule has 0 amide bonds. The van der Waals surface area contributed by atoms with Crippen LogP contribution in [0.5, 0.6) is 5.88 Å². The Bertz CT molecular complexity index is 425. The molecule has 0 atom stereocenters. The standard InChI is InChI=1S/C8H8N2O2S/c1-11-6-4-3-5-7(9-6)10-8(12-5)13-2/h3-4H,1-2H3. The number of rotatable bonds is 2. The average Bonchev–Trinajstić information content (AvgIpc) is 2.58. The SMILES string of the molecule is COc1ccc2oc(SC)nc2n1. The molecule has 0 radical (unpaired) electrons. The third kappa shape index (κ3) is 1.47. The van der Waals surface area contributed by atoms with Crippen molar-refractivity contribution in [3.8, 4) is 5.88 Å². The number of methoxy groups -OCH3 is 1. The summed E-state index contributed by atoms with van der Waals surface area (Å²) in [6.45, 7) is 0. The molecular formula is C8H8N2O2S. The van der Waals surface area contributed by atoms with Gasteiger partial charge in [-0.2, -0.15) is 9.97 Å². The summed E-state index contributed by atoms with van der Waals surface area (Å²) in [5, 5.41) is 0.621. The Morgan fingerprint density at radius 1 is 1.38 bits per heavy atom. The summed E-state index contributed by atoms with van der Waals surface area (Å²) >= 11 is 1.45. The number of hydrogen-bond donors (Lipinski definition) is 0. The molecule has 5 heteroatoms. The Hall–Kier alpha value is -1.23. The summed E-state index contributed by atoms with van der Waals surface area (Å²) in [6.07, 6.45) is 1.90. The molecular weight excluding hydrogens is 188 g/mol. The van der Waals surface area contributed by atoms with Gasteiger partial charge in [0.25, 0.3) is 5.22 Å². The van der Waals surface area contributed by atoms with Gasteiger partial charge in [0, 0.05) is 6.07 Å². The third-order valence-electron chi connectivity index (χ3n) is 1.59. The van der Waals surface area contributed by atoms with E-state index in [9.17, 15) is 0 Å². The molecule has 0 bridgehead atoms. The van der Waals surface area contributed by atoms with Crippen LogP contribution in [-0.2, 0) is 0 Å². The van der Waals surface area contributed by atoms with Crippen LogP contribution in [0.3, 0.4) is 0 Å². The van der Waals surface area contributed by atoms with Crippen molar-refractivity contribution < 1.29 is 9.15 Å². The first-order chi connectivity index (χ1) is 6.33. The van der Waals surface area contributed by atoms with Crippen molar-refractivity contribution in [2.24, 2.45) is 0 Å². The normalized spacial score (nSPS) is 10.6. The topological polar surface area (TPSA) is 48.2 Å². The molecule has 0 aliphatic rings. The number of aromatic nitrogens is 2. The molecule has 2 aromatic heterocycles. The quantitative estimate of drug-likeness (QED) is 0.687. The molecule has 4 nitrogen and oxygen atoms in total. The predicted octanol–water partition coefficient (Wildman–Crippen LogP) is 1.95. The van der Waals surface area contributed by atoms with Crippen LogP contribution < -0.4 is 4.74 Å². The molecule has 0 fully saturated rings. The Kier molecular flexibility index (Phi) is 2.10. The molecule has 2 aromatic rings. The van der Waals surface area contributed by atoms with Crippen molar-refractivity contribution in [2.75, 3.05) is 13.4 Å². The van der Waals surface area contributed by atoms with Gasteiger partial charge in [-0.05, 0) is 12.3 Å². The van der Waals surface area contributed by atoms with Gasteiger partial charge >= 0.3 is 0 Å². The van der Waals surface area contributed by atoms with E-state index in [1.165, 1.54) is 11.8 Å². The highest BCUT2D eigenvalue weighted by atomic mass is 32.2. The van der Waals surface area contributed by atoms with E-state index in [1.54, 1.807) is 19.2 Å². The summed E-state index contributed by atoms with van der Waals surface area (Å²) in [5.74, 6) is 0.549. The van der Waals surface area contributed by atoms with E-state index in [-0.39, 0.29) is 0 Å². The van der Waals surface area contributed by atoms with Gasteiger partial charge in [0.05, 0.1) is 7.11 Å². The van der Waals surface area contributed by atoms with E-state index < -0.39 is 0 Å². The third-order valence-corrected chi connectivity index (χ3v) is 2.12. The molecule has 0 spiro atoms. The Morgan fingerprint density at radius 3 is 2.92 bits per heavy atom. The highest BCUT2D eigenvalue weighted by molar-refractivity contribution is 7.98. The van der Waals surface area contributed by atoms with E-state index in [0.29, 0.717) is 22.3 Å². The highest BCUT2D eigenvalue weighted by Crippen LogP contribution is 2.21. The Balaban J connectivity index is 2.57. The van der Waals surface area contributed by atoms with Gasteiger partial charge in [-0.25, -0.2) is 0 Å². The van der Waals surface area contributed by atoms with Crippen LogP contribution in [0.2, 0.25) is 0 Å². The van der Waals surface area contributed by atoms with E-state index in [0.717, 1.165) is 0 Å². The van der Waals surface area contributed by atoms with Crippen LogP contribution >= 0.6 is 11.8 Å². The van der Waals surface area contributed by atoms with Gasteiger partial charge in [-0.1, -0.05) is 11.8 Å². The minimum absolute atomic E-state index is 0.549. The van der Waals surface area contributed by atoms with Crippen LogP contribution in [0.15, 0.2) is 21.8 Å². The second kappa shape index (κ2) is 3.26. The van der Waals surface area contributed by atoms with Crippen molar-refractivity contribution in [3.63, 3.8) is 0 Å². The molecule has 0 aliphatic carbocycles. The Labute approximate surface area is 79.3 Å². The summed E-state index contributed by atoms with van der Waals surface area (Å²) in [4.78, 5) is 8.27. The van der Waals surface area contributed by atoms with Crippen LogP contribution in [0.1, 0.15) is 0 Å². The van der Waals surface area contributed by atoms with E-state index in [1.807, 2.05) is 6.26 Å². The van der Waals surface area contributed by atoms with E-state index in [4.69, 9.17) is 9.15 Å². The molecule has 0 N–H and O–H groups in total. The molecule has 13 heavy (non-hydrogen) atoms. The van der Waals surface area contributed by atoms with Gasteiger partial charge in [0.1, 0.15) is 0 Å². The smallest absolute Gasteiger partial charge is 0.258 e. The maximum Gasteiger partial charge on any atom is 0.258 e. The lowest BCUT2D eigenvalue weighted by atomic mass is 10.4. The lowest BCUT2D eigenvalue weighted by Gasteiger charge is -1.94. The number of nitrogens with zero attached hydrogens (tertiary/aromatic N) is 2. The van der Waals surface area contributed by atoms with Crippen molar-refractivity contribution in [1.29, 1.82) is 0 Å². The molecule has 2 heterocycles. The summed E-state index contributed by atoms with van der Waals surface area (Å²) < 4.78 is 10.3. The van der Waals surface area contributed by atoms with Crippen LogP contribution in [0.25, 0.3) is 11.2 Å². The molecule has 0 saturated heterocycles. The largest absolute Gasteiger partial charge is 0.481 e. The molecule has 0 aliphatic heterocycles. The maximum absolute atomic E-state index is 5.35. The summed E-state index contributed by atoms with van der Waals surface area (Å²) in [6, 6.07) is 3.55. The lowest BCUT2D eigenvalue weighted by Crippen LogP contribution is -1.86. The molecule has 68 valence electrons. The second-order valence-electron chi connectivity index (χ2n) is 2.36. The van der Waals surface area contributed by atoms with Crippen LogP contribution in [0, 0.1) is 0 Å². The van der Waals surface area contributed by atoms with Gasteiger partial charge in [-0.15, -0.1) is 0 Å². The number of hydrogen-bond acceptors (Lipinski definition) is 5. The monoisotopic (exact) mass is 196 g/mol. The van der Waals surface area contributed by atoms with Gasteiger partial charge in [-0.3, -0.25) is 0 Å². The number of pyridine rings is 1. The first-order valence-corrected chi connectivity index (χ1v) is 4.91. The van der Waals surface area contributed by atoms with Crippen molar-refractivity contribution in [2.45, 2.75) is 5.22 Å². The maximum atomic E-state index is 5.35.